The van der Waals surface area contributed by atoms with Gasteiger partial charge in [-0.05, 0) is 74.9 Å². The van der Waals surface area contributed by atoms with Crippen molar-refractivity contribution in [3.8, 4) is 17.0 Å². The lowest BCUT2D eigenvalue weighted by atomic mass is 9.90. The molecule has 0 aliphatic heterocycles. The number of fused-ring (bicyclic) bond motifs is 1. The number of hydrogen-bond donors (Lipinski definition) is 1. The molecule has 0 amide bonds. The molecule has 7 nitrogen and oxygen atoms in total. The Morgan fingerprint density at radius 2 is 1.81 bits per heavy atom. The predicted molar refractivity (Wildman–Crippen MR) is 125 cm³/mol. The number of aryl methyl sites for hydroxylation is 2. The van der Waals surface area contributed by atoms with Gasteiger partial charge in [-0.15, -0.1) is 0 Å². The van der Waals surface area contributed by atoms with Crippen molar-refractivity contribution < 1.29 is 13.2 Å². The zero-order valence-electron chi connectivity index (χ0n) is 18.5. The highest BCUT2D eigenvalue weighted by Crippen LogP contribution is 2.34. The van der Waals surface area contributed by atoms with Crippen molar-refractivity contribution in [2.24, 2.45) is 0 Å². The van der Waals surface area contributed by atoms with E-state index in [4.69, 9.17) is 4.74 Å². The molecule has 0 unspecified atom stereocenters. The van der Waals surface area contributed by atoms with Gasteiger partial charge in [-0.3, -0.25) is 9.52 Å². The van der Waals surface area contributed by atoms with Crippen LogP contribution in [0, 0.1) is 6.92 Å². The van der Waals surface area contributed by atoms with Gasteiger partial charge in [0.1, 0.15) is 10.6 Å². The van der Waals surface area contributed by atoms with Crippen LogP contribution in [-0.4, -0.2) is 25.3 Å². The topological polar surface area (TPSA) is 90.3 Å². The van der Waals surface area contributed by atoms with E-state index in [1.54, 1.807) is 30.3 Å². The third-order valence-electron chi connectivity index (χ3n) is 5.88. The second kappa shape index (κ2) is 8.78. The molecule has 1 aliphatic carbocycles. The van der Waals surface area contributed by atoms with Crippen molar-refractivity contribution in [1.29, 1.82) is 0 Å². The van der Waals surface area contributed by atoms with Crippen LogP contribution in [0.4, 0.5) is 5.69 Å². The Kier molecular flexibility index (Phi) is 6.06. The number of ether oxygens (including phenoxy) is 1. The first-order valence-corrected chi connectivity index (χ1v) is 12.2. The van der Waals surface area contributed by atoms with Crippen LogP contribution in [0.15, 0.2) is 52.2 Å². The summed E-state index contributed by atoms with van der Waals surface area (Å²) in [7, 11) is -2.48. The summed E-state index contributed by atoms with van der Waals surface area (Å²) in [4.78, 5) is 12.8. The maximum atomic E-state index is 13.3. The molecule has 3 aromatic rings. The van der Waals surface area contributed by atoms with Crippen molar-refractivity contribution in [1.82, 2.24) is 9.78 Å². The Morgan fingerprint density at radius 3 is 2.50 bits per heavy atom. The van der Waals surface area contributed by atoms with Gasteiger partial charge in [0.25, 0.3) is 15.6 Å². The fraction of sp³-hybridized carbons (Fsp3) is 0.333. The van der Waals surface area contributed by atoms with Gasteiger partial charge in [-0.25, -0.2) is 13.1 Å². The number of sulfonamides is 1. The molecule has 0 bridgehead atoms. The van der Waals surface area contributed by atoms with Crippen LogP contribution in [0.1, 0.15) is 36.5 Å². The molecular formula is C24H27N3O4S. The van der Waals surface area contributed by atoms with Crippen molar-refractivity contribution in [2.75, 3.05) is 11.8 Å². The maximum absolute atomic E-state index is 13.3. The largest absolute Gasteiger partial charge is 0.495 e. The van der Waals surface area contributed by atoms with Crippen LogP contribution in [0.25, 0.3) is 11.3 Å². The van der Waals surface area contributed by atoms with E-state index in [-0.39, 0.29) is 16.2 Å². The van der Waals surface area contributed by atoms with E-state index in [0.29, 0.717) is 23.5 Å². The zero-order chi connectivity index (χ0) is 22.9. The molecular weight excluding hydrogens is 426 g/mol. The molecule has 1 N–H and O–H groups in total. The molecule has 1 aromatic heterocycles. The highest BCUT2D eigenvalue weighted by Gasteiger charge is 2.25. The minimum Gasteiger partial charge on any atom is -0.495 e. The number of anilines is 1. The first-order chi connectivity index (χ1) is 15.4. The summed E-state index contributed by atoms with van der Waals surface area (Å²) in [5.41, 5.74) is 4.31. The summed E-state index contributed by atoms with van der Waals surface area (Å²) >= 11 is 0. The average molecular weight is 454 g/mol. The van der Waals surface area contributed by atoms with Crippen LogP contribution in [0.5, 0.6) is 5.75 Å². The third-order valence-corrected chi connectivity index (χ3v) is 7.27. The molecule has 4 rings (SSSR count). The SMILES string of the molecule is CCn1nc(-c2ccc(OC)c(S(=O)(=O)Nc3ccccc3C)c2)c2c(c1=O)CCCC2. The minimum atomic E-state index is -3.93. The number of rotatable bonds is 6. The van der Waals surface area contributed by atoms with Gasteiger partial charge in [0.2, 0.25) is 0 Å². The van der Waals surface area contributed by atoms with Crippen LogP contribution < -0.4 is 15.0 Å². The molecule has 0 atom stereocenters. The second-order valence-electron chi connectivity index (χ2n) is 7.92. The minimum absolute atomic E-state index is 0.0290. The molecule has 0 radical (unpaired) electrons. The molecule has 1 heterocycles. The Hall–Kier alpha value is -3.13. The lowest BCUT2D eigenvalue weighted by Gasteiger charge is -2.20. The van der Waals surface area contributed by atoms with Crippen molar-refractivity contribution in [3.63, 3.8) is 0 Å². The van der Waals surface area contributed by atoms with Gasteiger partial charge >= 0.3 is 0 Å². The van der Waals surface area contributed by atoms with Crippen LogP contribution in [0.3, 0.4) is 0 Å². The highest BCUT2D eigenvalue weighted by atomic mass is 32.2. The number of aromatic nitrogens is 2. The van der Waals surface area contributed by atoms with Gasteiger partial charge in [0.05, 0.1) is 18.5 Å². The van der Waals surface area contributed by atoms with Gasteiger partial charge in [-0.1, -0.05) is 18.2 Å². The van der Waals surface area contributed by atoms with E-state index in [1.165, 1.54) is 11.8 Å². The zero-order valence-corrected chi connectivity index (χ0v) is 19.3. The number of nitrogens with zero attached hydrogens (tertiary/aromatic N) is 2. The summed E-state index contributed by atoms with van der Waals surface area (Å²) in [5.74, 6) is 0.243. The maximum Gasteiger partial charge on any atom is 0.270 e. The van der Waals surface area contributed by atoms with E-state index in [1.807, 2.05) is 26.0 Å². The molecule has 8 heteroatoms. The van der Waals surface area contributed by atoms with E-state index in [0.717, 1.165) is 42.4 Å². The van der Waals surface area contributed by atoms with Crippen LogP contribution >= 0.6 is 0 Å². The number of hydrogen-bond acceptors (Lipinski definition) is 5. The summed E-state index contributed by atoms with van der Waals surface area (Å²) in [6.07, 6.45) is 3.43. The van der Waals surface area contributed by atoms with Gasteiger partial charge in [-0.2, -0.15) is 5.10 Å². The van der Waals surface area contributed by atoms with Crippen molar-refractivity contribution in [3.05, 3.63) is 69.5 Å². The van der Waals surface area contributed by atoms with Gasteiger partial charge in [0, 0.05) is 17.7 Å². The molecule has 168 valence electrons. The van der Waals surface area contributed by atoms with Crippen LogP contribution in [0.2, 0.25) is 0 Å². The van der Waals surface area contributed by atoms with E-state index in [2.05, 4.69) is 9.82 Å². The molecule has 0 saturated carbocycles. The summed E-state index contributed by atoms with van der Waals surface area (Å²) in [6, 6.07) is 12.2. The Morgan fingerprint density at radius 1 is 1.09 bits per heavy atom. The quantitative estimate of drug-likeness (QED) is 0.611. The molecule has 1 aliphatic rings. The first-order valence-electron chi connectivity index (χ1n) is 10.8. The van der Waals surface area contributed by atoms with E-state index < -0.39 is 10.0 Å². The fourth-order valence-electron chi connectivity index (χ4n) is 4.15. The first kappa shape index (κ1) is 22.1. The Labute approximate surface area is 188 Å². The van der Waals surface area contributed by atoms with Crippen molar-refractivity contribution >= 4 is 15.7 Å². The normalized spacial score (nSPS) is 13.5. The van der Waals surface area contributed by atoms with Gasteiger partial charge < -0.3 is 4.74 Å². The van der Waals surface area contributed by atoms with Crippen molar-refractivity contribution in [2.45, 2.75) is 51.0 Å². The predicted octanol–water partition coefficient (Wildman–Crippen LogP) is 3.93. The average Bonchev–Trinajstić information content (AvgIpc) is 2.80. The van der Waals surface area contributed by atoms with Crippen LogP contribution in [-0.2, 0) is 29.4 Å². The molecule has 2 aromatic carbocycles. The number of para-hydroxylation sites is 1. The summed E-state index contributed by atoms with van der Waals surface area (Å²) in [5, 5.41) is 4.60. The molecule has 32 heavy (non-hydrogen) atoms. The number of methoxy groups -OCH3 is 1. The third kappa shape index (κ3) is 4.02. The molecule has 0 spiro atoms. The van der Waals surface area contributed by atoms with Gasteiger partial charge in [0.15, 0.2) is 0 Å². The summed E-state index contributed by atoms with van der Waals surface area (Å²) < 4.78 is 36.1. The Balaban J connectivity index is 1.87. The van der Waals surface area contributed by atoms with E-state index in [9.17, 15) is 13.2 Å². The monoisotopic (exact) mass is 453 g/mol. The summed E-state index contributed by atoms with van der Waals surface area (Å²) in [6.45, 7) is 4.17. The Bertz CT molecular complexity index is 1330. The second-order valence-corrected chi connectivity index (χ2v) is 9.57. The standard InChI is InChI=1S/C24H27N3O4S/c1-4-27-24(28)19-11-7-6-10-18(19)23(25-27)17-13-14-21(31-3)22(15-17)32(29,30)26-20-12-8-5-9-16(20)2/h5,8-9,12-15,26H,4,6-7,10-11H2,1-3H3. The number of nitrogens with one attached hydrogen (secondary N) is 1. The number of benzene rings is 2. The smallest absolute Gasteiger partial charge is 0.270 e. The lowest BCUT2D eigenvalue weighted by molar-refractivity contribution is 0.403. The molecule has 0 saturated heterocycles. The fourth-order valence-corrected chi connectivity index (χ4v) is 5.48. The highest BCUT2D eigenvalue weighted by molar-refractivity contribution is 7.92. The van der Waals surface area contributed by atoms with E-state index >= 15 is 0 Å². The lowest BCUT2D eigenvalue weighted by Crippen LogP contribution is -2.30. The molecule has 0 fully saturated rings.